The Morgan fingerprint density at radius 3 is 1.08 bits per heavy atom. The maximum Gasteiger partial charge on any atom is 2.00 e. The van der Waals surface area contributed by atoms with Crippen LogP contribution in [0.4, 0.5) is 0 Å². The van der Waals surface area contributed by atoms with Gasteiger partial charge in [0.05, 0.1) is 0 Å². The molecule has 0 saturated heterocycles. The van der Waals surface area contributed by atoms with E-state index in [2.05, 4.69) is 8.67 Å². The van der Waals surface area contributed by atoms with E-state index in [0.29, 0.717) is 0 Å². The van der Waals surface area contributed by atoms with E-state index in [1.54, 1.807) is 0 Å². The minimum atomic E-state index is -5.31. The zero-order valence-corrected chi connectivity index (χ0v) is 11.3. The van der Waals surface area contributed by atoms with Gasteiger partial charge in [-0.15, -0.1) is 8.67 Å². The molecule has 0 radical (unpaired) electrons. The molecular weight excluding hydrogens is 287 g/mol. The third kappa shape index (κ3) is 17.8. The SMILES string of the molecule is O=S(=O)([O-])OOS(=O)(=O)[O-].[Fe+2].[K+]. The second-order valence-electron chi connectivity index (χ2n) is 0.953. The van der Waals surface area contributed by atoms with Gasteiger partial charge in [-0.3, -0.25) is 0 Å². The van der Waals surface area contributed by atoms with Gasteiger partial charge in [0.2, 0.25) is 20.8 Å². The van der Waals surface area contributed by atoms with Gasteiger partial charge in [0, 0.05) is 0 Å². The minimum Gasteiger partial charge on any atom is -0.724 e. The second kappa shape index (κ2) is 7.22. The quantitative estimate of drug-likeness (QED) is 0.165. The predicted octanol–water partition coefficient (Wildman–Crippen LogP) is -5.14. The molecule has 0 aliphatic heterocycles. The molecule has 0 aromatic carbocycles. The molecule has 0 bridgehead atoms. The third-order valence-electron chi connectivity index (χ3n) is 0.194. The van der Waals surface area contributed by atoms with E-state index < -0.39 is 20.8 Å². The molecule has 0 rings (SSSR count). The molecule has 0 aliphatic rings. The second-order valence-corrected chi connectivity index (χ2v) is 2.86. The van der Waals surface area contributed by atoms with Crippen LogP contribution in [-0.4, -0.2) is 25.9 Å². The van der Waals surface area contributed by atoms with E-state index in [-0.39, 0.29) is 68.5 Å². The minimum absolute atomic E-state index is 0. The summed E-state index contributed by atoms with van der Waals surface area (Å²) in [6.07, 6.45) is 0. The van der Waals surface area contributed by atoms with E-state index in [4.69, 9.17) is 0 Å². The number of hydrogen-bond acceptors (Lipinski definition) is 8. The summed E-state index contributed by atoms with van der Waals surface area (Å²) in [5, 5.41) is 0. The standard InChI is InChI=1S/Fe.K.H2O8S2/c;;1-9(2,3)7-8-10(4,5)6/h;;(H,1,2,3)(H,4,5,6)/q+2;+1;/p-2. The van der Waals surface area contributed by atoms with Gasteiger partial charge in [-0.2, -0.15) is 0 Å². The Bertz CT molecular complexity index is 253. The molecule has 0 saturated carbocycles. The smallest absolute Gasteiger partial charge is 0.724 e. The van der Waals surface area contributed by atoms with E-state index in [9.17, 15) is 25.9 Å². The summed E-state index contributed by atoms with van der Waals surface area (Å²) in [4.78, 5) is 0. The molecular formula is FeKO8S2+. The zero-order valence-electron chi connectivity index (χ0n) is 5.44. The summed E-state index contributed by atoms with van der Waals surface area (Å²) in [5.41, 5.74) is 0. The van der Waals surface area contributed by atoms with Crippen molar-refractivity contribution in [1.29, 1.82) is 0 Å². The summed E-state index contributed by atoms with van der Waals surface area (Å²) in [7, 11) is -10.6. The average Bonchev–Trinajstić information content (AvgIpc) is 1.57. The van der Waals surface area contributed by atoms with Crippen molar-refractivity contribution in [3.63, 3.8) is 0 Å². The van der Waals surface area contributed by atoms with Crippen molar-refractivity contribution in [1.82, 2.24) is 0 Å². The fourth-order valence-corrected chi connectivity index (χ4v) is 0.612. The maximum absolute atomic E-state index is 9.37. The molecule has 12 heavy (non-hydrogen) atoms. The Morgan fingerprint density at radius 2 is 1.00 bits per heavy atom. The van der Waals surface area contributed by atoms with Gasteiger partial charge in [0.1, 0.15) is 0 Å². The first-order chi connectivity index (χ1) is 4.21. The van der Waals surface area contributed by atoms with E-state index in [1.165, 1.54) is 0 Å². The van der Waals surface area contributed by atoms with Crippen LogP contribution in [0.5, 0.6) is 0 Å². The van der Waals surface area contributed by atoms with Crippen LogP contribution < -0.4 is 51.4 Å². The van der Waals surface area contributed by atoms with Crippen molar-refractivity contribution in [2.45, 2.75) is 0 Å². The summed E-state index contributed by atoms with van der Waals surface area (Å²) in [6.45, 7) is 0. The molecule has 0 unspecified atom stereocenters. The molecule has 12 heteroatoms. The van der Waals surface area contributed by atoms with Crippen molar-refractivity contribution < 1.29 is 103 Å². The van der Waals surface area contributed by atoms with Crippen LogP contribution >= 0.6 is 0 Å². The summed E-state index contributed by atoms with van der Waals surface area (Å²) in [5.74, 6) is 0. The van der Waals surface area contributed by atoms with Crippen LogP contribution in [0, 0.1) is 0 Å². The molecule has 0 aliphatic carbocycles. The van der Waals surface area contributed by atoms with Crippen LogP contribution in [0.15, 0.2) is 0 Å². The molecule has 0 amide bonds. The molecule has 0 fully saturated rings. The Kier molecular flexibility index (Phi) is 11.7. The van der Waals surface area contributed by atoms with Gasteiger partial charge >= 0.3 is 68.5 Å². The van der Waals surface area contributed by atoms with Crippen molar-refractivity contribution in [2.24, 2.45) is 0 Å². The zero-order chi connectivity index (χ0) is 8.41. The number of hydrogen-bond donors (Lipinski definition) is 0. The first-order valence-electron chi connectivity index (χ1n) is 1.50. The van der Waals surface area contributed by atoms with Crippen LogP contribution in [0.3, 0.4) is 0 Å². The van der Waals surface area contributed by atoms with E-state index in [1.807, 2.05) is 0 Å². The average molecular weight is 287 g/mol. The summed E-state index contributed by atoms with van der Waals surface area (Å²) >= 11 is 0. The molecule has 8 nitrogen and oxygen atoms in total. The fraction of sp³-hybridized carbons (Fsp3) is 0. The van der Waals surface area contributed by atoms with Gasteiger partial charge < -0.3 is 9.11 Å². The topological polar surface area (TPSA) is 133 Å². The molecule has 0 spiro atoms. The molecule has 68 valence electrons. The Hall–Kier alpha value is 1.90. The van der Waals surface area contributed by atoms with Crippen molar-refractivity contribution >= 4 is 20.8 Å². The molecule has 0 aromatic heterocycles. The first-order valence-corrected chi connectivity index (χ1v) is 4.17. The van der Waals surface area contributed by atoms with Gasteiger partial charge in [0.15, 0.2) is 0 Å². The van der Waals surface area contributed by atoms with Crippen LogP contribution in [0.25, 0.3) is 0 Å². The number of rotatable bonds is 3. The van der Waals surface area contributed by atoms with E-state index >= 15 is 0 Å². The first kappa shape index (κ1) is 19.5. The van der Waals surface area contributed by atoms with Crippen molar-refractivity contribution in [3.8, 4) is 0 Å². The monoisotopic (exact) mass is 287 g/mol. The third-order valence-corrected chi connectivity index (χ3v) is 0.750. The maximum atomic E-state index is 9.37. The van der Waals surface area contributed by atoms with Crippen LogP contribution in [0.2, 0.25) is 0 Å². The summed E-state index contributed by atoms with van der Waals surface area (Å²) in [6, 6.07) is 0. The van der Waals surface area contributed by atoms with Gasteiger partial charge in [-0.25, -0.2) is 16.8 Å². The van der Waals surface area contributed by atoms with Crippen molar-refractivity contribution in [2.75, 3.05) is 0 Å². The molecule has 0 N–H and O–H groups in total. The van der Waals surface area contributed by atoms with Gasteiger partial charge in [0.25, 0.3) is 0 Å². The largest absolute Gasteiger partial charge is 2.00 e. The van der Waals surface area contributed by atoms with E-state index in [0.717, 1.165) is 0 Å². The Balaban J connectivity index is -0.000000405. The Labute approximate surface area is 122 Å². The molecule has 0 heterocycles. The van der Waals surface area contributed by atoms with Gasteiger partial charge in [-0.05, 0) is 0 Å². The normalized spacial score (nSPS) is 11.2. The molecule has 0 atom stereocenters. The molecule has 0 aromatic rings. The van der Waals surface area contributed by atoms with Crippen LogP contribution in [-0.2, 0) is 46.5 Å². The van der Waals surface area contributed by atoms with Crippen molar-refractivity contribution in [3.05, 3.63) is 0 Å². The Morgan fingerprint density at radius 1 is 0.833 bits per heavy atom. The predicted molar refractivity (Wildman–Crippen MR) is 21.6 cm³/mol. The summed E-state index contributed by atoms with van der Waals surface area (Å²) < 4.78 is 61.5. The van der Waals surface area contributed by atoms with Gasteiger partial charge in [-0.1, -0.05) is 0 Å². The fourth-order valence-electron chi connectivity index (χ4n) is 0.0680. The van der Waals surface area contributed by atoms with Crippen LogP contribution in [0.1, 0.15) is 0 Å².